The van der Waals surface area contributed by atoms with Crippen LogP contribution in [-0.4, -0.2) is 84.8 Å². The number of allylic oxidation sites excluding steroid dienone is 1. The highest BCUT2D eigenvalue weighted by Gasteiger charge is 2.71. The molecule has 11 heteroatoms. The van der Waals surface area contributed by atoms with Crippen molar-refractivity contribution < 1.29 is 38.5 Å². The highest BCUT2D eigenvalue weighted by molar-refractivity contribution is 6.05. The van der Waals surface area contributed by atoms with Gasteiger partial charge in [-0.25, -0.2) is 0 Å². The van der Waals surface area contributed by atoms with Gasteiger partial charge in [-0.3, -0.25) is 19.2 Å². The van der Waals surface area contributed by atoms with Gasteiger partial charge in [0.2, 0.25) is 11.8 Å². The fourth-order valence-electron chi connectivity index (χ4n) is 7.21. The average Bonchev–Trinajstić information content (AvgIpc) is 3.47. The Morgan fingerprint density at radius 2 is 1.77 bits per heavy atom. The third-order valence-electron chi connectivity index (χ3n) is 9.49. The molecule has 2 aromatic carbocycles. The van der Waals surface area contributed by atoms with E-state index in [1.807, 2.05) is 36.4 Å². The van der Waals surface area contributed by atoms with Crippen molar-refractivity contribution in [1.82, 2.24) is 10.2 Å². The number of cyclic esters (lactones) is 1. The zero-order valence-electron chi connectivity index (χ0n) is 26.5. The van der Waals surface area contributed by atoms with Gasteiger partial charge in [0.1, 0.15) is 29.4 Å². The normalized spacial score (nSPS) is 29.9. The predicted octanol–water partition coefficient (Wildman–Crippen LogP) is 3.09. The number of ether oxygens (including phenoxy) is 3. The van der Waals surface area contributed by atoms with E-state index in [4.69, 9.17) is 14.2 Å². The van der Waals surface area contributed by atoms with E-state index in [0.29, 0.717) is 42.7 Å². The maximum absolute atomic E-state index is 14.6. The van der Waals surface area contributed by atoms with Crippen LogP contribution >= 0.6 is 0 Å². The number of carbonyl (C=O) groups is 4. The van der Waals surface area contributed by atoms with E-state index in [0.717, 1.165) is 0 Å². The molecule has 0 bridgehead atoms. The summed E-state index contributed by atoms with van der Waals surface area (Å²) in [6.45, 7) is 0.619. The first-order chi connectivity index (χ1) is 22.9. The molecule has 248 valence electrons. The summed E-state index contributed by atoms with van der Waals surface area (Å²) in [4.78, 5) is 59.2. The summed E-state index contributed by atoms with van der Waals surface area (Å²) >= 11 is 0. The standard InChI is InChI=1S/C36H41N3O8/c1-45-26-17-15-25(16-18-26)38-21-10-19-36-31(33(42)39(32(36)34(38)43)20-8-3-9-22-40)30-27(47-36)13-6-7-14-29(41)37-23-28(46-35(30)44)24-11-4-2-5-12-24/h2,4-6,10-13,15-19,27-28,30-32,40H,3,7-9,14,20-23H2,1H3,(H,37,41)/b13-6-/t27-,28+,30+,31+,32-,36+/m0/s1. The van der Waals surface area contributed by atoms with Crippen LogP contribution in [0.5, 0.6) is 5.75 Å². The lowest BCUT2D eigenvalue weighted by Crippen LogP contribution is -2.55. The molecule has 1 spiro atoms. The molecule has 6 rings (SSSR count). The molecule has 0 saturated carbocycles. The second-order valence-corrected chi connectivity index (χ2v) is 12.3. The van der Waals surface area contributed by atoms with Crippen molar-refractivity contribution in [2.75, 3.05) is 38.3 Å². The summed E-state index contributed by atoms with van der Waals surface area (Å²) in [7, 11) is 1.57. The minimum absolute atomic E-state index is 0.0327. The van der Waals surface area contributed by atoms with Crippen LogP contribution in [0.25, 0.3) is 0 Å². The van der Waals surface area contributed by atoms with Crippen LogP contribution < -0.4 is 15.0 Å². The van der Waals surface area contributed by atoms with Crippen molar-refractivity contribution in [2.24, 2.45) is 11.8 Å². The number of nitrogens with zero attached hydrogens (tertiary/aromatic N) is 2. The van der Waals surface area contributed by atoms with Crippen LogP contribution in [0.2, 0.25) is 0 Å². The van der Waals surface area contributed by atoms with E-state index in [9.17, 15) is 24.3 Å². The Balaban J connectivity index is 1.40. The van der Waals surface area contributed by atoms with Gasteiger partial charge in [0.25, 0.3) is 5.91 Å². The topological polar surface area (TPSA) is 135 Å². The van der Waals surface area contributed by atoms with Crippen LogP contribution in [0.4, 0.5) is 5.69 Å². The molecule has 0 aliphatic carbocycles. The maximum atomic E-state index is 14.6. The zero-order valence-corrected chi connectivity index (χ0v) is 26.5. The molecule has 11 nitrogen and oxygen atoms in total. The van der Waals surface area contributed by atoms with E-state index in [1.165, 1.54) is 0 Å². The third-order valence-corrected chi connectivity index (χ3v) is 9.49. The molecule has 4 aliphatic rings. The number of methoxy groups -OCH3 is 1. The zero-order chi connectivity index (χ0) is 33.0. The fraction of sp³-hybridized carbons (Fsp3) is 0.444. The molecular weight excluding hydrogens is 602 g/mol. The fourth-order valence-corrected chi connectivity index (χ4v) is 7.21. The Morgan fingerprint density at radius 1 is 0.979 bits per heavy atom. The summed E-state index contributed by atoms with van der Waals surface area (Å²) in [6.07, 6.45) is 7.94. The summed E-state index contributed by atoms with van der Waals surface area (Å²) in [6, 6.07) is 15.3. The minimum Gasteiger partial charge on any atom is -0.497 e. The Hall–Kier alpha value is -4.48. The van der Waals surface area contributed by atoms with E-state index >= 15 is 0 Å². The molecule has 2 saturated heterocycles. The number of aliphatic hydroxyl groups excluding tert-OH is 1. The Morgan fingerprint density at radius 3 is 2.51 bits per heavy atom. The minimum atomic E-state index is -1.43. The van der Waals surface area contributed by atoms with Crippen LogP contribution in [0.3, 0.4) is 0 Å². The van der Waals surface area contributed by atoms with Crippen LogP contribution in [0, 0.1) is 11.8 Å². The molecule has 4 aliphatic heterocycles. The van der Waals surface area contributed by atoms with Gasteiger partial charge in [0, 0.05) is 31.8 Å². The monoisotopic (exact) mass is 643 g/mol. The summed E-state index contributed by atoms with van der Waals surface area (Å²) in [5.41, 5.74) is -0.0818. The molecule has 0 aromatic heterocycles. The average molecular weight is 644 g/mol. The number of nitrogens with one attached hydrogen (secondary N) is 1. The van der Waals surface area contributed by atoms with Crippen molar-refractivity contribution in [1.29, 1.82) is 0 Å². The molecule has 0 unspecified atom stereocenters. The quantitative estimate of drug-likeness (QED) is 0.255. The van der Waals surface area contributed by atoms with Crippen LogP contribution in [-0.2, 0) is 28.7 Å². The highest BCUT2D eigenvalue weighted by atomic mass is 16.6. The van der Waals surface area contributed by atoms with Crippen LogP contribution in [0.15, 0.2) is 78.9 Å². The van der Waals surface area contributed by atoms with Gasteiger partial charge < -0.3 is 34.4 Å². The number of amides is 3. The molecule has 6 atom stereocenters. The van der Waals surface area contributed by atoms with Gasteiger partial charge in [-0.15, -0.1) is 0 Å². The number of hydrogen-bond acceptors (Lipinski definition) is 8. The maximum Gasteiger partial charge on any atom is 0.313 e. The molecule has 2 N–H and O–H groups in total. The van der Waals surface area contributed by atoms with Crippen molar-refractivity contribution in [2.45, 2.75) is 56.0 Å². The summed E-state index contributed by atoms with van der Waals surface area (Å²) in [5.74, 6) is -2.86. The van der Waals surface area contributed by atoms with Gasteiger partial charge in [-0.05, 0) is 55.5 Å². The first-order valence-electron chi connectivity index (χ1n) is 16.3. The third kappa shape index (κ3) is 6.29. The molecular formula is C36H41N3O8. The first-order valence-corrected chi connectivity index (χ1v) is 16.3. The lowest BCUT2D eigenvalue weighted by Gasteiger charge is -2.35. The van der Waals surface area contributed by atoms with Crippen LogP contribution in [0.1, 0.15) is 43.8 Å². The summed E-state index contributed by atoms with van der Waals surface area (Å²) < 4.78 is 18.2. The van der Waals surface area contributed by atoms with Gasteiger partial charge in [0.15, 0.2) is 0 Å². The number of benzene rings is 2. The van der Waals surface area contributed by atoms with Crippen molar-refractivity contribution in [3.8, 4) is 5.75 Å². The number of rotatable bonds is 8. The number of aliphatic hydroxyl groups is 1. The summed E-state index contributed by atoms with van der Waals surface area (Å²) in [5, 5.41) is 12.2. The van der Waals surface area contributed by atoms with E-state index in [2.05, 4.69) is 5.32 Å². The molecule has 47 heavy (non-hydrogen) atoms. The Bertz CT molecular complexity index is 1530. The van der Waals surface area contributed by atoms with Crippen molar-refractivity contribution in [3.05, 3.63) is 84.5 Å². The van der Waals surface area contributed by atoms with Gasteiger partial charge in [0.05, 0.1) is 25.7 Å². The number of carbonyl (C=O) groups excluding carboxylic acids is 4. The van der Waals surface area contributed by atoms with Gasteiger partial charge in [-0.2, -0.15) is 0 Å². The number of hydrogen-bond donors (Lipinski definition) is 2. The lowest BCUT2D eigenvalue weighted by atomic mass is 9.78. The Kier molecular flexibility index (Phi) is 9.74. The molecule has 0 radical (unpaired) electrons. The number of anilines is 1. The van der Waals surface area contributed by atoms with E-state index in [-0.39, 0.29) is 50.4 Å². The smallest absolute Gasteiger partial charge is 0.313 e. The second kappa shape index (κ2) is 14.1. The van der Waals surface area contributed by atoms with E-state index in [1.54, 1.807) is 59.4 Å². The molecule has 2 fully saturated rings. The van der Waals surface area contributed by atoms with Gasteiger partial charge in [-0.1, -0.05) is 54.6 Å². The highest BCUT2D eigenvalue weighted by Crippen LogP contribution is 2.53. The molecule has 3 amide bonds. The number of esters is 1. The number of unbranched alkanes of at least 4 members (excludes halogenated alkanes) is 2. The first kappa shape index (κ1) is 32.5. The lowest BCUT2D eigenvalue weighted by molar-refractivity contribution is -0.159. The predicted molar refractivity (Wildman–Crippen MR) is 172 cm³/mol. The second-order valence-electron chi connectivity index (χ2n) is 12.3. The van der Waals surface area contributed by atoms with E-state index < -0.39 is 41.7 Å². The number of fused-ring (bicyclic) bond motifs is 2. The largest absolute Gasteiger partial charge is 0.497 e. The van der Waals surface area contributed by atoms with Crippen molar-refractivity contribution in [3.63, 3.8) is 0 Å². The molecule has 2 aromatic rings. The SMILES string of the molecule is COc1ccc(N2CC=C[C@@]34O[C@H]5/C=C\CCC(=O)NC[C@H](c6ccccc6)OC(=O)[C@H]5[C@@H]3C(=O)N(CCCCCO)[C@H]4C2=O)cc1. The van der Waals surface area contributed by atoms with Crippen molar-refractivity contribution >= 4 is 29.4 Å². The van der Waals surface area contributed by atoms with Gasteiger partial charge >= 0.3 is 5.97 Å². The Labute approximate surface area is 274 Å². The molecule has 4 heterocycles. The number of likely N-dealkylation sites (tertiary alicyclic amines) is 1.